The predicted molar refractivity (Wildman–Crippen MR) is 84.7 cm³/mol. The molecule has 1 N–H and O–H groups in total. The van der Waals surface area contributed by atoms with Crippen molar-refractivity contribution in [3.05, 3.63) is 29.8 Å². The second-order valence-electron chi connectivity index (χ2n) is 5.83. The van der Waals surface area contributed by atoms with Gasteiger partial charge in [0.25, 0.3) is 5.91 Å². The number of ether oxygens (including phenoxy) is 1. The van der Waals surface area contributed by atoms with Crippen LogP contribution in [0.15, 0.2) is 24.3 Å². The standard InChI is InChI=1S/C17H26N2O2/c1-4-13(2)15-7-5-6-8-16(15)21-12-17(20)19-10-9-18-14(3)11-19/h5-8,13-14,18H,4,9-12H2,1-3H3. The summed E-state index contributed by atoms with van der Waals surface area (Å²) in [5.41, 5.74) is 1.18. The smallest absolute Gasteiger partial charge is 0.260 e. The molecule has 0 spiro atoms. The van der Waals surface area contributed by atoms with Gasteiger partial charge in [-0.1, -0.05) is 32.0 Å². The molecule has 1 saturated heterocycles. The van der Waals surface area contributed by atoms with Gasteiger partial charge in [-0.15, -0.1) is 0 Å². The molecule has 2 rings (SSSR count). The first-order valence-electron chi connectivity index (χ1n) is 7.84. The van der Waals surface area contributed by atoms with Gasteiger partial charge in [-0.25, -0.2) is 0 Å². The first kappa shape index (κ1) is 15.8. The monoisotopic (exact) mass is 290 g/mol. The largest absolute Gasteiger partial charge is 0.483 e. The van der Waals surface area contributed by atoms with Gasteiger partial charge >= 0.3 is 0 Å². The molecule has 4 nitrogen and oxygen atoms in total. The van der Waals surface area contributed by atoms with Crippen molar-refractivity contribution in [2.75, 3.05) is 26.2 Å². The fourth-order valence-electron chi connectivity index (χ4n) is 2.63. The average Bonchev–Trinajstić information content (AvgIpc) is 2.52. The van der Waals surface area contributed by atoms with Crippen molar-refractivity contribution in [3.8, 4) is 5.75 Å². The molecule has 1 fully saturated rings. The van der Waals surface area contributed by atoms with Gasteiger partial charge in [0.2, 0.25) is 0 Å². The first-order chi connectivity index (χ1) is 10.1. The van der Waals surface area contributed by atoms with E-state index in [0.29, 0.717) is 12.0 Å². The van der Waals surface area contributed by atoms with Crippen LogP contribution >= 0.6 is 0 Å². The van der Waals surface area contributed by atoms with E-state index >= 15 is 0 Å². The number of rotatable bonds is 5. The summed E-state index contributed by atoms with van der Waals surface area (Å²) in [5.74, 6) is 1.35. The molecular weight excluding hydrogens is 264 g/mol. The van der Waals surface area contributed by atoms with Gasteiger partial charge < -0.3 is 15.0 Å². The van der Waals surface area contributed by atoms with Gasteiger partial charge in [-0.05, 0) is 30.9 Å². The number of nitrogens with zero attached hydrogens (tertiary/aromatic N) is 1. The molecule has 1 aromatic rings. The lowest BCUT2D eigenvalue weighted by molar-refractivity contribution is -0.134. The fourth-order valence-corrected chi connectivity index (χ4v) is 2.63. The van der Waals surface area contributed by atoms with Crippen LogP contribution in [0.25, 0.3) is 0 Å². The molecule has 1 amide bonds. The predicted octanol–water partition coefficient (Wildman–Crippen LogP) is 2.40. The number of carbonyl (C=O) groups excluding carboxylic acids is 1. The first-order valence-corrected chi connectivity index (χ1v) is 7.84. The van der Waals surface area contributed by atoms with Crippen molar-refractivity contribution in [2.45, 2.75) is 39.2 Å². The van der Waals surface area contributed by atoms with Crippen LogP contribution in [-0.2, 0) is 4.79 Å². The second-order valence-corrected chi connectivity index (χ2v) is 5.83. The van der Waals surface area contributed by atoms with Crippen molar-refractivity contribution in [2.24, 2.45) is 0 Å². The van der Waals surface area contributed by atoms with Crippen LogP contribution in [-0.4, -0.2) is 43.1 Å². The molecule has 1 aliphatic rings. The lowest BCUT2D eigenvalue weighted by atomic mass is 9.98. The van der Waals surface area contributed by atoms with Crippen LogP contribution in [0.4, 0.5) is 0 Å². The van der Waals surface area contributed by atoms with Crippen LogP contribution in [0.2, 0.25) is 0 Å². The third-order valence-electron chi connectivity index (χ3n) is 4.13. The van der Waals surface area contributed by atoms with Crippen LogP contribution in [0.5, 0.6) is 5.75 Å². The molecule has 0 radical (unpaired) electrons. The normalized spacial score (nSPS) is 20.1. The zero-order valence-electron chi connectivity index (χ0n) is 13.3. The Bertz CT molecular complexity index is 476. The molecule has 4 heteroatoms. The highest BCUT2D eigenvalue weighted by Crippen LogP contribution is 2.28. The van der Waals surface area contributed by atoms with Crippen LogP contribution < -0.4 is 10.1 Å². The minimum atomic E-state index is 0.0716. The summed E-state index contributed by atoms with van der Waals surface area (Å²) in [6.45, 7) is 8.94. The van der Waals surface area contributed by atoms with Crippen LogP contribution in [0, 0.1) is 0 Å². The van der Waals surface area contributed by atoms with Gasteiger partial charge in [-0.3, -0.25) is 4.79 Å². The van der Waals surface area contributed by atoms with Crippen molar-refractivity contribution >= 4 is 5.91 Å². The lowest BCUT2D eigenvalue weighted by Gasteiger charge is -2.31. The molecule has 0 bridgehead atoms. The third-order valence-corrected chi connectivity index (χ3v) is 4.13. The summed E-state index contributed by atoms with van der Waals surface area (Å²) in [6, 6.07) is 8.37. The van der Waals surface area contributed by atoms with Crippen LogP contribution in [0.1, 0.15) is 38.7 Å². The molecule has 1 aromatic carbocycles. The Hall–Kier alpha value is -1.55. The van der Waals surface area contributed by atoms with Gasteiger partial charge in [-0.2, -0.15) is 0 Å². The Kier molecular flexibility index (Phi) is 5.62. The van der Waals surface area contributed by atoms with Crippen molar-refractivity contribution in [1.29, 1.82) is 0 Å². The third kappa shape index (κ3) is 4.21. The van der Waals surface area contributed by atoms with Gasteiger partial charge in [0.15, 0.2) is 6.61 Å². The second kappa shape index (κ2) is 7.46. The highest BCUT2D eigenvalue weighted by Gasteiger charge is 2.21. The van der Waals surface area contributed by atoms with Gasteiger partial charge in [0.05, 0.1) is 0 Å². The highest BCUT2D eigenvalue weighted by atomic mass is 16.5. The van der Waals surface area contributed by atoms with Gasteiger partial charge in [0.1, 0.15) is 5.75 Å². The maximum atomic E-state index is 12.2. The Morgan fingerprint density at radius 2 is 2.24 bits per heavy atom. The Balaban J connectivity index is 1.95. The molecule has 0 aliphatic carbocycles. The number of hydrogen-bond acceptors (Lipinski definition) is 3. The van der Waals surface area contributed by atoms with Crippen LogP contribution in [0.3, 0.4) is 0 Å². The van der Waals surface area contributed by atoms with Crippen molar-refractivity contribution in [3.63, 3.8) is 0 Å². The summed E-state index contributed by atoms with van der Waals surface area (Å²) in [7, 11) is 0. The Morgan fingerprint density at radius 1 is 1.48 bits per heavy atom. The molecule has 2 unspecified atom stereocenters. The summed E-state index contributed by atoms with van der Waals surface area (Å²) >= 11 is 0. The lowest BCUT2D eigenvalue weighted by Crippen LogP contribution is -2.52. The minimum Gasteiger partial charge on any atom is -0.483 e. The quantitative estimate of drug-likeness (QED) is 0.905. The topological polar surface area (TPSA) is 41.6 Å². The number of amides is 1. The van der Waals surface area contributed by atoms with E-state index in [1.54, 1.807) is 0 Å². The van der Waals surface area contributed by atoms with E-state index in [2.05, 4.69) is 32.2 Å². The molecule has 0 saturated carbocycles. The molecule has 116 valence electrons. The number of piperazine rings is 1. The van der Waals surface area contributed by atoms with E-state index in [1.165, 1.54) is 5.56 Å². The Morgan fingerprint density at radius 3 is 2.95 bits per heavy atom. The Labute approximate surface area is 127 Å². The summed E-state index contributed by atoms with van der Waals surface area (Å²) in [4.78, 5) is 14.1. The molecule has 1 heterocycles. The molecule has 0 aromatic heterocycles. The SMILES string of the molecule is CCC(C)c1ccccc1OCC(=O)N1CCNC(C)C1. The molecule has 21 heavy (non-hydrogen) atoms. The maximum Gasteiger partial charge on any atom is 0.260 e. The van der Waals surface area contributed by atoms with Crippen molar-refractivity contribution in [1.82, 2.24) is 10.2 Å². The minimum absolute atomic E-state index is 0.0716. The number of nitrogens with one attached hydrogen (secondary N) is 1. The summed E-state index contributed by atoms with van der Waals surface area (Å²) < 4.78 is 5.80. The van der Waals surface area contributed by atoms with E-state index < -0.39 is 0 Å². The molecule has 2 atom stereocenters. The van der Waals surface area contributed by atoms with E-state index in [9.17, 15) is 4.79 Å². The van der Waals surface area contributed by atoms with E-state index in [0.717, 1.165) is 31.8 Å². The zero-order valence-corrected chi connectivity index (χ0v) is 13.3. The molecular formula is C17H26N2O2. The molecule has 1 aliphatic heterocycles. The summed E-state index contributed by atoms with van der Waals surface area (Å²) in [6.07, 6.45) is 1.06. The number of para-hydroxylation sites is 1. The zero-order chi connectivity index (χ0) is 15.2. The maximum absolute atomic E-state index is 12.2. The van der Waals surface area contributed by atoms with E-state index in [4.69, 9.17) is 4.74 Å². The number of carbonyl (C=O) groups is 1. The average molecular weight is 290 g/mol. The number of benzene rings is 1. The number of hydrogen-bond donors (Lipinski definition) is 1. The van der Waals surface area contributed by atoms with Gasteiger partial charge in [0, 0.05) is 25.7 Å². The summed E-state index contributed by atoms with van der Waals surface area (Å²) in [5, 5.41) is 3.34. The fraction of sp³-hybridized carbons (Fsp3) is 0.588. The van der Waals surface area contributed by atoms with E-state index in [1.807, 2.05) is 23.1 Å². The highest BCUT2D eigenvalue weighted by molar-refractivity contribution is 5.78. The van der Waals surface area contributed by atoms with E-state index in [-0.39, 0.29) is 12.5 Å². The van der Waals surface area contributed by atoms with Crippen molar-refractivity contribution < 1.29 is 9.53 Å².